The molecule has 0 atom stereocenters. The molecule has 3 N–H and O–H groups in total. The number of nitrogens with one attached hydrogen (secondary N) is 3. The molecule has 10 nitrogen and oxygen atoms in total. The summed E-state index contributed by atoms with van der Waals surface area (Å²) in [6.45, 7) is 0. The van der Waals surface area contributed by atoms with Crippen LogP contribution in [0.15, 0.2) is 71.6 Å². The lowest BCUT2D eigenvalue weighted by Gasteiger charge is -2.09. The predicted molar refractivity (Wildman–Crippen MR) is 127 cm³/mol. The summed E-state index contributed by atoms with van der Waals surface area (Å²) in [6, 6.07) is 15.7. The molecule has 0 unspecified atom stereocenters. The number of carbonyl (C=O) groups is 1. The lowest BCUT2D eigenvalue weighted by molar-refractivity contribution is 0.102. The molecule has 0 saturated carbocycles. The number of methoxy groups -OCH3 is 2. The van der Waals surface area contributed by atoms with E-state index in [1.165, 1.54) is 56.7 Å². The van der Waals surface area contributed by atoms with Crippen molar-refractivity contribution >= 4 is 27.6 Å². The van der Waals surface area contributed by atoms with Gasteiger partial charge in [-0.15, -0.1) is 5.10 Å². The van der Waals surface area contributed by atoms with Crippen LogP contribution in [0.2, 0.25) is 0 Å². The molecule has 35 heavy (non-hydrogen) atoms. The molecule has 0 bridgehead atoms. The van der Waals surface area contributed by atoms with Crippen molar-refractivity contribution in [1.82, 2.24) is 15.2 Å². The molecule has 0 fully saturated rings. The van der Waals surface area contributed by atoms with Crippen molar-refractivity contribution in [2.24, 2.45) is 0 Å². The average Bonchev–Trinajstić information content (AvgIpc) is 3.33. The summed E-state index contributed by atoms with van der Waals surface area (Å²) in [6.07, 6.45) is 0. The molecule has 12 heteroatoms. The summed E-state index contributed by atoms with van der Waals surface area (Å²) >= 11 is 0. The number of ether oxygens (including phenoxy) is 2. The van der Waals surface area contributed by atoms with Crippen molar-refractivity contribution in [3.8, 4) is 22.9 Å². The van der Waals surface area contributed by atoms with Gasteiger partial charge in [-0.3, -0.25) is 19.9 Å². The van der Waals surface area contributed by atoms with Crippen LogP contribution >= 0.6 is 0 Å². The van der Waals surface area contributed by atoms with Crippen LogP contribution in [0.4, 0.5) is 16.0 Å². The average molecular weight is 498 g/mol. The predicted octanol–water partition coefficient (Wildman–Crippen LogP) is 3.68. The number of nitrogens with zero attached hydrogens (tertiary/aromatic N) is 2. The molecule has 1 aromatic heterocycles. The topological polar surface area (TPSA) is 135 Å². The van der Waals surface area contributed by atoms with E-state index in [9.17, 15) is 17.6 Å². The summed E-state index contributed by atoms with van der Waals surface area (Å²) in [4.78, 5) is 16.7. The standard InChI is InChI=1S/C23H20FN5O5S/c1-33-15-9-12-17(20(13-15)34-2)21-25-23(28-27-21)26-22(30)14-7-10-16(11-8-14)35(31,32)29-19-6-4-3-5-18(19)24/h3-13,29H,1-2H3,(H2,25,26,27,28,30). The van der Waals surface area contributed by atoms with Gasteiger partial charge in [-0.2, -0.15) is 4.98 Å². The molecule has 180 valence electrons. The lowest BCUT2D eigenvalue weighted by Crippen LogP contribution is -2.15. The zero-order chi connectivity index (χ0) is 25.0. The Hall–Kier alpha value is -4.45. The van der Waals surface area contributed by atoms with Gasteiger partial charge in [-0.25, -0.2) is 12.8 Å². The molecule has 4 rings (SSSR count). The first kappa shape index (κ1) is 23.7. The van der Waals surface area contributed by atoms with Crippen molar-refractivity contribution in [3.05, 3.63) is 78.1 Å². The summed E-state index contributed by atoms with van der Waals surface area (Å²) in [5, 5.41) is 9.27. The minimum atomic E-state index is -4.05. The number of aromatic amines is 1. The zero-order valence-electron chi connectivity index (χ0n) is 18.6. The second-order valence-corrected chi connectivity index (χ2v) is 8.82. The fourth-order valence-corrected chi connectivity index (χ4v) is 4.21. The summed E-state index contributed by atoms with van der Waals surface area (Å²) in [7, 11) is -1.00. The van der Waals surface area contributed by atoms with Crippen LogP contribution in [-0.2, 0) is 10.0 Å². The minimum Gasteiger partial charge on any atom is -0.497 e. The van der Waals surface area contributed by atoms with E-state index in [1.807, 2.05) is 0 Å². The fraction of sp³-hybridized carbons (Fsp3) is 0.0870. The number of carbonyl (C=O) groups excluding carboxylic acids is 1. The molecule has 0 aliphatic carbocycles. The number of hydrogen-bond acceptors (Lipinski definition) is 7. The van der Waals surface area contributed by atoms with Gasteiger partial charge >= 0.3 is 0 Å². The maximum atomic E-state index is 13.8. The van der Waals surface area contributed by atoms with E-state index in [1.54, 1.807) is 18.2 Å². The first-order chi connectivity index (χ1) is 16.8. The number of aromatic nitrogens is 3. The number of sulfonamides is 1. The highest BCUT2D eigenvalue weighted by Gasteiger charge is 2.18. The number of halogens is 1. The van der Waals surface area contributed by atoms with Gasteiger partial charge in [0.2, 0.25) is 5.95 Å². The van der Waals surface area contributed by atoms with Gasteiger partial charge in [0.25, 0.3) is 15.9 Å². The minimum absolute atomic E-state index is 0.0146. The van der Waals surface area contributed by atoms with Gasteiger partial charge in [0.15, 0.2) is 5.82 Å². The van der Waals surface area contributed by atoms with E-state index >= 15 is 0 Å². The highest BCUT2D eigenvalue weighted by Crippen LogP contribution is 2.31. The summed E-state index contributed by atoms with van der Waals surface area (Å²) in [5.41, 5.74) is 0.602. The smallest absolute Gasteiger partial charge is 0.261 e. The zero-order valence-corrected chi connectivity index (χ0v) is 19.4. The highest BCUT2D eigenvalue weighted by atomic mass is 32.2. The number of anilines is 2. The normalized spacial score (nSPS) is 11.1. The van der Waals surface area contributed by atoms with Crippen LogP contribution in [-0.4, -0.2) is 43.7 Å². The second kappa shape index (κ2) is 9.81. The Morgan fingerprint density at radius 2 is 1.74 bits per heavy atom. The molecular formula is C23H20FN5O5S. The largest absolute Gasteiger partial charge is 0.497 e. The van der Waals surface area contributed by atoms with Crippen LogP contribution in [0, 0.1) is 5.82 Å². The number of rotatable bonds is 8. The van der Waals surface area contributed by atoms with Crippen LogP contribution in [0.5, 0.6) is 11.5 Å². The second-order valence-electron chi connectivity index (χ2n) is 7.14. The lowest BCUT2D eigenvalue weighted by atomic mass is 10.2. The third kappa shape index (κ3) is 5.22. The Labute approximate surface area is 200 Å². The van der Waals surface area contributed by atoms with E-state index in [4.69, 9.17) is 9.47 Å². The maximum absolute atomic E-state index is 13.8. The molecule has 1 amide bonds. The fourth-order valence-electron chi connectivity index (χ4n) is 3.14. The monoisotopic (exact) mass is 497 g/mol. The van der Waals surface area contributed by atoms with Crippen molar-refractivity contribution in [2.45, 2.75) is 4.90 Å². The third-order valence-corrected chi connectivity index (χ3v) is 6.30. The van der Waals surface area contributed by atoms with Crippen molar-refractivity contribution in [3.63, 3.8) is 0 Å². The summed E-state index contributed by atoms with van der Waals surface area (Å²) in [5.74, 6) is 0.224. The maximum Gasteiger partial charge on any atom is 0.261 e. The van der Waals surface area contributed by atoms with Crippen molar-refractivity contribution in [2.75, 3.05) is 24.3 Å². The Morgan fingerprint density at radius 3 is 2.43 bits per heavy atom. The Morgan fingerprint density at radius 1 is 1.00 bits per heavy atom. The van der Waals surface area contributed by atoms with Gasteiger partial charge in [0, 0.05) is 11.6 Å². The van der Waals surface area contributed by atoms with E-state index in [0.29, 0.717) is 22.9 Å². The molecule has 0 aliphatic heterocycles. The van der Waals surface area contributed by atoms with Crippen LogP contribution in [0.1, 0.15) is 10.4 Å². The number of H-pyrrole nitrogens is 1. The van der Waals surface area contributed by atoms with E-state index in [-0.39, 0.29) is 22.1 Å². The molecular weight excluding hydrogens is 477 g/mol. The first-order valence-electron chi connectivity index (χ1n) is 10.1. The third-order valence-electron chi connectivity index (χ3n) is 4.92. The van der Waals surface area contributed by atoms with Crippen LogP contribution in [0.25, 0.3) is 11.4 Å². The Kier molecular flexibility index (Phi) is 6.64. The molecule has 4 aromatic rings. The molecule has 0 radical (unpaired) electrons. The van der Waals surface area contributed by atoms with Crippen molar-refractivity contribution in [1.29, 1.82) is 0 Å². The number of amides is 1. The SMILES string of the molecule is COc1ccc(-c2nc(NC(=O)c3ccc(S(=O)(=O)Nc4ccccc4F)cc3)n[nH]2)c(OC)c1. The molecule has 0 saturated heterocycles. The van der Waals surface area contributed by atoms with Crippen LogP contribution in [0.3, 0.4) is 0 Å². The van der Waals surface area contributed by atoms with E-state index in [0.717, 1.165) is 6.07 Å². The van der Waals surface area contributed by atoms with Crippen molar-refractivity contribution < 1.29 is 27.1 Å². The number of hydrogen-bond donors (Lipinski definition) is 3. The number of benzene rings is 3. The molecule has 0 aliphatic rings. The summed E-state index contributed by atoms with van der Waals surface area (Å²) < 4.78 is 51.6. The van der Waals surface area contributed by atoms with Gasteiger partial charge in [0.1, 0.15) is 17.3 Å². The van der Waals surface area contributed by atoms with E-state index in [2.05, 4.69) is 25.2 Å². The van der Waals surface area contributed by atoms with Gasteiger partial charge in [-0.1, -0.05) is 12.1 Å². The van der Waals surface area contributed by atoms with Gasteiger partial charge in [0.05, 0.1) is 30.4 Å². The van der Waals surface area contributed by atoms with Gasteiger partial charge < -0.3 is 9.47 Å². The first-order valence-corrected chi connectivity index (χ1v) is 11.6. The number of para-hydroxylation sites is 1. The van der Waals surface area contributed by atoms with Crippen LogP contribution < -0.4 is 19.5 Å². The molecule has 0 spiro atoms. The van der Waals surface area contributed by atoms with Gasteiger partial charge in [-0.05, 0) is 48.5 Å². The highest BCUT2D eigenvalue weighted by molar-refractivity contribution is 7.92. The Balaban J connectivity index is 1.47. The quantitative estimate of drug-likeness (QED) is 0.338. The molecule has 3 aromatic carbocycles. The molecule has 1 heterocycles. The van der Waals surface area contributed by atoms with E-state index < -0.39 is 21.7 Å². The Bertz CT molecular complexity index is 1470.